The molecule has 0 saturated heterocycles. The van der Waals surface area contributed by atoms with Gasteiger partial charge >= 0.3 is 0 Å². The second kappa shape index (κ2) is 7.90. The molecule has 1 aromatic carbocycles. The maximum atomic E-state index is 13.9. The van der Waals surface area contributed by atoms with Gasteiger partial charge in [-0.1, -0.05) is 22.6 Å². The van der Waals surface area contributed by atoms with Crippen LogP contribution in [0.25, 0.3) is 10.2 Å². The van der Waals surface area contributed by atoms with Crippen molar-refractivity contribution in [2.75, 3.05) is 32.1 Å². The van der Waals surface area contributed by atoms with Gasteiger partial charge in [0.2, 0.25) is 0 Å². The van der Waals surface area contributed by atoms with Gasteiger partial charge in [-0.05, 0) is 33.2 Å². The fraction of sp³-hybridized carbons (Fsp3) is 0.312. The van der Waals surface area contributed by atoms with Crippen molar-refractivity contribution < 1.29 is 13.7 Å². The smallest absolute Gasteiger partial charge is 0.282 e. The summed E-state index contributed by atoms with van der Waals surface area (Å²) in [5, 5.41) is 4.23. The lowest BCUT2D eigenvalue weighted by Crippen LogP contribution is -2.36. The lowest BCUT2D eigenvalue weighted by molar-refractivity contribution is 0.0976. The van der Waals surface area contributed by atoms with E-state index in [9.17, 15) is 9.18 Å². The fourth-order valence-corrected chi connectivity index (χ4v) is 3.21. The topological polar surface area (TPSA) is 62.5 Å². The highest BCUT2D eigenvalue weighted by Crippen LogP contribution is 2.31. The van der Waals surface area contributed by atoms with E-state index in [1.54, 1.807) is 25.1 Å². The maximum Gasteiger partial charge on any atom is 0.282 e. The molecule has 0 N–H and O–H groups in total. The Labute approximate surface area is 154 Å². The van der Waals surface area contributed by atoms with Crippen LogP contribution in [0, 0.1) is 12.7 Å². The first-order valence-corrected chi connectivity index (χ1v) is 8.22. The number of thiazole rings is 1. The highest BCUT2D eigenvalue weighted by molar-refractivity contribution is 7.22. The second-order valence-corrected chi connectivity index (χ2v) is 6.67. The molecule has 0 saturated carbocycles. The van der Waals surface area contributed by atoms with Gasteiger partial charge in [0, 0.05) is 19.2 Å². The summed E-state index contributed by atoms with van der Waals surface area (Å²) in [7, 11) is 3.84. The summed E-state index contributed by atoms with van der Waals surface area (Å²) in [6, 6.07) is 6.36. The van der Waals surface area contributed by atoms with Crippen LogP contribution >= 0.6 is 23.7 Å². The predicted molar refractivity (Wildman–Crippen MR) is 98.3 cm³/mol. The Morgan fingerprint density at radius 2 is 2.08 bits per heavy atom. The number of nitrogens with zero attached hydrogens (tertiary/aromatic N) is 4. The third kappa shape index (κ3) is 4.15. The maximum absolute atomic E-state index is 13.9. The van der Waals surface area contributed by atoms with Crippen LogP contribution in [-0.4, -0.2) is 48.1 Å². The second-order valence-electron chi connectivity index (χ2n) is 5.67. The Hall–Kier alpha value is -2.03. The molecular formula is C16H18ClFN4O2S. The van der Waals surface area contributed by atoms with Gasteiger partial charge in [0.15, 0.2) is 10.8 Å². The number of carbonyl (C=O) groups is 1. The summed E-state index contributed by atoms with van der Waals surface area (Å²) < 4.78 is 19.6. The summed E-state index contributed by atoms with van der Waals surface area (Å²) >= 11 is 1.28. The van der Waals surface area contributed by atoms with Gasteiger partial charge in [0.05, 0.1) is 4.70 Å². The van der Waals surface area contributed by atoms with Gasteiger partial charge in [-0.3, -0.25) is 9.69 Å². The van der Waals surface area contributed by atoms with Crippen LogP contribution in [0.3, 0.4) is 0 Å². The molecule has 0 unspecified atom stereocenters. The fourth-order valence-electron chi connectivity index (χ4n) is 2.21. The zero-order chi connectivity index (χ0) is 17.3. The minimum absolute atomic E-state index is 0. The molecule has 9 heteroatoms. The van der Waals surface area contributed by atoms with Crippen LogP contribution in [0.5, 0.6) is 0 Å². The molecule has 1 amide bonds. The van der Waals surface area contributed by atoms with Crippen molar-refractivity contribution in [1.82, 2.24) is 15.0 Å². The number of para-hydroxylation sites is 1. The first kappa shape index (κ1) is 19.3. The van der Waals surface area contributed by atoms with Crippen LogP contribution in [0.1, 0.15) is 16.2 Å². The number of hydrogen-bond acceptors (Lipinski definition) is 6. The van der Waals surface area contributed by atoms with Crippen molar-refractivity contribution in [3.63, 3.8) is 0 Å². The van der Waals surface area contributed by atoms with Gasteiger partial charge in [-0.2, -0.15) is 0 Å². The molecular weight excluding hydrogens is 367 g/mol. The van der Waals surface area contributed by atoms with E-state index < -0.39 is 5.82 Å². The van der Waals surface area contributed by atoms with Crippen LogP contribution in [-0.2, 0) is 0 Å². The summed E-state index contributed by atoms with van der Waals surface area (Å²) in [6.45, 7) is 2.78. The number of halogens is 2. The molecule has 0 radical (unpaired) electrons. The van der Waals surface area contributed by atoms with Crippen molar-refractivity contribution in [3.8, 4) is 0 Å². The van der Waals surface area contributed by atoms with Gasteiger partial charge in [0.25, 0.3) is 5.91 Å². The molecule has 3 rings (SSSR count). The van der Waals surface area contributed by atoms with Crippen molar-refractivity contribution >= 4 is 45.0 Å². The first-order chi connectivity index (χ1) is 11.5. The van der Waals surface area contributed by atoms with E-state index >= 15 is 0 Å². The monoisotopic (exact) mass is 384 g/mol. The molecule has 2 aromatic heterocycles. The van der Waals surface area contributed by atoms with Gasteiger partial charge in [-0.25, -0.2) is 9.37 Å². The van der Waals surface area contributed by atoms with Gasteiger partial charge in [0.1, 0.15) is 17.1 Å². The Balaban J connectivity index is 0.00000225. The highest BCUT2D eigenvalue weighted by Gasteiger charge is 2.24. The average Bonchev–Trinajstić information content (AvgIpc) is 3.14. The zero-order valence-electron chi connectivity index (χ0n) is 14.0. The largest absolute Gasteiger partial charge is 0.361 e. The van der Waals surface area contributed by atoms with Crippen LogP contribution in [0.2, 0.25) is 0 Å². The number of hydrogen-bond donors (Lipinski definition) is 0. The van der Waals surface area contributed by atoms with E-state index in [-0.39, 0.29) is 29.5 Å². The third-order valence-corrected chi connectivity index (χ3v) is 4.50. The van der Waals surface area contributed by atoms with Crippen molar-refractivity contribution in [1.29, 1.82) is 0 Å². The number of amides is 1. The van der Waals surface area contributed by atoms with Crippen molar-refractivity contribution in [2.24, 2.45) is 0 Å². The molecule has 134 valence electrons. The number of rotatable bonds is 5. The van der Waals surface area contributed by atoms with Gasteiger partial charge < -0.3 is 9.42 Å². The lowest BCUT2D eigenvalue weighted by atomic mass is 10.3. The standard InChI is InChI=1S/C16H17FN4O2S.ClH/c1-10-9-12(19-23-10)15(22)21(8-7-20(2)3)16-18-14-11(17)5-4-6-13(14)24-16;/h4-6,9H,7-8H2,1-3H3;1H. The molecule has 0 fully saturated rings. The minimum Gasteiger partial charge on any atom is -0.361 e. The van der Waals surface area contributed by atoms with E-state index in [4.69, 9.17) is 4.52 Å². The number of benzene rings is 1. The number of anilines is 1. The number of aryl methyl sites for hydroxylation is 1. The van der Waals surface area contributed by atoms with Crippen LogP contribution < -0.4 is 4.90 Å². The van der Waals surface area contributed by atoms with Gasteiger partial charge in [-0.15, -0.1) is 12.4 Å². The van der Waals surface area contributed by atoms with Crippen LogP contribution in [0.15, 0.2) is 28.8 Å². The SMILES string of the molecule is Cc1cc(C(=O)N(CCN(C)C)c2nc3c(F)cccc3s2)no1.Cl. The molecule has 0 atom stereocenters. The normalized spacial score (nSPS) is 10.9. The summed E-state index contributed by atoms with van der Waals surface area (Å²) in [6.07, 6.45) is 0. The number of carbonyl (C=O) groups excluding carboxylic acids is 1. The Morgan fingerprint density at radius 3 is 2.68 bits per heavy atom. The molecule has 25 heavy (non-hydrogen) atoms. The van der Waals surface area contributed by atoms with Crippen molar-refractivity contribution in [3.05, 3.63) is 41.5 Å². The number of likely N-dealkylation sites (N-methyl/N-ethyl adjacent to an activating group) is 1. The van der Waals surface area contributed by atoms with E-state index in [0.717, 1.165) is 0 Å². The molecule has 3 aromatic rings. The molecule has 2 heterocycles. The van der Waals surface area contributed by atoms with E-state index in [1.165, 1.54) is 22.3 Å². The number of aromatic nitrogens is 2. The highest BCUT2D eigenvalue weighted by atomic mass is 35.5. The Bertz CT molecular complexity index is 880. The quantitative estimate of drug-likeness (QED) is 0.675. The average molecular weight is 385 g/mol. The van der Waals surface area contributed by atoms with Crippen molar-refractivity contribution in [2.45, 2.75) is 6.92 Å². The summed E-state index contributed by atoms with van der Waals surface area (Å²) in [5.41, 5.74) is 0.488. The minimum atomic E-state index is -0.396. The molecule has 0 aliphatic rings. The lowest BCUT2D eigenvalue weighted by Gasteiger charge is -2.20. The Morgan fingerprint density at radius 1 is 1.32 bits per heavy atom. The summed E-state index contributed by atoms with van der Waals surface area (Å²) in [5.74, 6) is -0.151. The predicted octanol–water partition coefficient (Wildman–Crippen LogP) is 3.36. The molecule has 0 spiro atoms. The summed E-state index contributed by atoms with van der Waals surface area (Å²) in [4.78, 5) is 20.6. The number of fused-ring (bicyclic) bond motifs is 1. The molecule has 6 nitrogen and oxygen atoms in total. The molecule has 0 aliphatic carbocycles. The third-order valence-electron chi connectivity index (χ3n) is 3.45. The first-order valence-electron chi connectivity index (χ1n) is 7.40. The van der Waals surface area contributed by atoms with Crippen LogP contribution in [0.4, 0.5) is 9.52 Å². The van der Waals surface area contributed by atoms with E-state index in [1.807, 2.05) is 19.0 Å². The molecule has 0 bridgehead atoms. The zero-order valence-corrected chi connectivity index (χ0v) is 15.7. The molecule has 0 aliphatic heterocycles. The van der Waals surface area contributed by atoms with E-state index in [2.05, 4.69) is 10.1 Å². The Kier molecular flexibility index (Phi) is 6.10. The van der Waals surface area contributed by atoms with E-state index in [0.29, 0.717) is 28.7 Å².